The highest BCUT2D eigenvalue weighted by molar-refractivity contribution is 6.17. The minimum absolute atomic E-state index is 0.00496. The second kappa shape index (κ2) is 15.7. The van der Waals surface area contributed by atoms with Crippen molar-refractivity contribution in [2.75, 3.05) is 59.2 Å². The molecule has 4 aromatic rings. The van der Waals surface area contributed by atoms with Crippen LogP contribution < -0.4 is 16.2 Å². The van der Waals surface area contributed by atoms with Gasteiger partial charge in [0.2, 0.25) is 0 Å². The van der Waals surface area contributed by atoms with Crippen molar-refractivity contribution in [1.29, 1.82) is 0 Å². The lowest BCUT2D eigenvalue weighted by atomic mass is 9.91. The SMILES string of the molecule is Cc1ccc(CON(C)C(=O)c2ccc(C(=O)c3ccccc3OCCCN)c(N)c2-c2ccccc2)c(C(=O)N2CCN(C)CC2)c1. The van der Waals surface area contributed by atoms with E-state index in [9.17, 15) is 14.4 Å². The van der Waals surface area contributed by atoms with Crippen molar-refractivity contribution in [3.8, 4) is 16.9 Å². The predicted molar refractivity (Wildman–Crippen MR) is 187 cm³/mol. The number of likely N-dealkylation sites (N-methyl/N-ethyl adjacent to an activating group) is 1. The standard InChI is InChI=1S/C38H43N5O5/c1-26-14-15-28(32(24-26)38(46)43-21-19-41(2)20-22-43)25-48-42(3)37(45)30-16-17-31(35(40)34(30)27-10-5-4-6-11-27)36(44)29-12-7-8-13-33(29)47-23-9-18-39/h4-8,10-17,24H,9,18-23,25,39-40H2,1-3H3. The van der Waals surface area contributed by atoms with E-state index in [1.807, 2.05) is 67.4 Å². The van der Waals surface area contributed by atoms with Crippen LogP contribution in [0.2, 0.25) is 0 Å². The lowest BCUT2D eigenvalue weighted by molar-refractivity contribution is -0.116. The Balaban J connectivity index is 1.42. The topological polar surface area (TPSA) is 131 Å². The van der Waals surface area contributed by atoms with Crippen LogP contribution in [-0.2, 0) is 11.4 Å². The van der Waals surface area contributed by atoms with Crippen LogP contribution in [0.1, 0.15) is 54.2 Å². The van der Waals surface area contributed by atoms with E-state index in [-0.39, 0.29) is 35.1 Å². The molecule has 0 spiro atoms. The molecule has 0 aromatic heterocycles. The number of nitrogens with two attached hydrogens (primary N) is 2. The van der Waals surface area contributed by atoms with E-state index >= 15 is 0 Å². The Bertz CT molecular complexity index is 1770. The number of hydrogen-bond acceptors (Lipinski definition) is 8. The number of carbonyl (C=O) groups is 3. The zero-order valence-electron chi connectivity index (χ0n) is 27.8. The van der Waals surface area contributed by atoms with Crippen LogP contribution in [0, 0.1) is 6.92 Å². The molecule has 0 atom stereocenters. The molecule has 10 heteroatoms. The summed E-state index contributed by atoms with van der Waals surface area (Å²) >= 11 is 0. The number of aryl methyl sites for hydroxylation is 1. The quantitative estimate of drug-likeness (QED) is 0.0970. The van der Waals surface area contributed by atoms with Crippen LogP contribution in [0.15, 0.2) is 84.9 Å². The summed E-state index contributed by atoms with van der Waals surface area (Å²) in [5.74, 6) is -0.394. The van der Waals surface area contributed by atoms with Gasteiger partial charge < -0.3 is 26.0 Å². The first kappa shape index (κ1) is 34.3. The van der Waals surface area contributed by atoms with Gasteiger partial charge in [0.1, 0.15) is 12.4 Å². The van der Waals surface area contributed by atoms with Crippen molar-refractivity contribution in [3.05, 3.63) is 118 Å². The Morgan fingerprint density at radius 3 is 2.25 bits per heavy atom. The summed E-state index contributed by atoms with van der Waals surface area (Å²) in [6.45, 7) is 5.72. The van der Waals surface area contributed by atoms with E-state index in [0.717, 1.165) is 23.7 Å². The summed E-state index contributed by atoms with van der Waals surface area (Å²) in [5.41, 5.74) is 16.7. The second-order valence-corrected chi connectivity index (χ2v) is 12.0. The monoisotopic (exact) mass is 649 g/mol. The highest BCUT2D eigenvalue weighted by atomic mass is 16.7. The van der Waals surface area contributed by atoms with Crippen molar-refractivity contribution < 1.29 is 24.0 Å². The largest absolute Gasteiger partial charge is 0.493 e. The van der Waals surface area contributed by atoms with Crippen molar-refractivity contribution >= 4 is 23.3 Å². The van der Waals surface area contributed by atoms with Gasteiger partial charge in [-0.2, -0.15) is 0 Å². The number of rotatable bonds is 12. The maximum Gasteiger partial charge on any atom is 0.277 e. The lowest BCUT2D eigenvalue weighted by Gasteiger charge is -2.33. The van der Waals surface area contributed by atoms with Crippen LogP contribution in [0.3, 0.4) is 0 Å². The fourth-order valence-corrected chi connectivity index (χ4v) is 5.69. The summed E-state index contributed by atoms with van der Waals surface area (Å²) in [5, 5.41) is 1.15. The van der Waals surface area contributed by atoms with E-state index in [1.165, 1.54) is 7.05 Å². The number of para-hydroxylation sites is 1. The van der Waals surface area contributed by atoms with Crippen LogP contribution in [0.4, 0.5) is 5.69 Å². The van der Waals surface area contributed by atoms with Gasteiger partial charge in [0.25, 0.3) is 11.8 Å². The van der Waals surface area contributed by atoms with Crippen molar-refractivity contribution in [3.63, 3.8) is 0 Å². The van der Waals surface area contributed by atoms with E-state index in [2.05, 4.69) is 4.90 Å². The minimum Gasteiger partial charge on any atom is -0.493 e. The van der Waals surface area contributed by atoms with Crippen LogP contribution in [0.25, 0.3) is 11.1 Å². The maximum absolute atomic E-state index is 14.0. The first-order chi connectivity index (χ1) is 23.2. The highest BCUT2D eigenvalue weighted by Crippen LogP contribution is 2.35. The van der Waals surface area contributed by atoms with E-state index in [1.54, 1.807) is 36.4 Å². The molecule has 48 heavy (non-hydrogen) atoms. The fourth-order valence-electron chi connectivity index (χ4n) is 5.69. The third-order valence-electron chi connectivity index (χ3n) is 8.51. The van der Waals surface area contributed by atoms with Crippen molar-refractivity contribution in [2.45, 2.75) is 20.0 Å². The van der Waals surface area contributed by atoms with Gasteiger partial charge in [-0.25, -0.2) is 5.06 Å². The minimum atomic E-state index is -0.455. The Morgan fingerprint density at radius 2 is 1.52 bits per heavy atom. The summed E-state index contributed by atoms with van der Waals surface area (Å²) < 4.78 is 5.86. The third-order valence-corrected chi connectivity index (χ3v) is 8.51. The molecule has 0 radical (unpaired) electrons. The number of nitrogen functional groups attached to an aromatic ring is 1. The van der Waals surface area contributed by atoms with Crippen LogP contribution >= 0.6 is 0 Å². The van der Waals surface area contributed by atoms with E-state index in [4.69, 9.17) is 21.0 Å². The molecule has 4 N–H and O–H groups in total. The molecule has 1 fully saturated rings. The maximum atomic E-state index is 14.0. The zero-order chi connectivity index (χ0) is 34.2. The molecule has 0 saturated carbocycles. The zero-order valence-corrected chi connectivity index (χ0v) is 27.8. The summed E-state index contributed by atoms with van der Waals surface area (Å²) in [4.78, 5) is 51.4. The highest BCUT2D eigenvalue weighted by Gasteiger charge is 2.27. The molecule has 1 aliphatic rings. The van der Waals surface area contributed by atoms with Gasteiger partial charge in [-0.1, -0.05) is 60.2 Å². The Labute approximate surface area is 281 Å². The number of benzene rings is 4. The number of ketones is 1. The average Bonchev–Trinajstić information content (AvgIpc) is 3.11. The number of nitrogens with zero attached hydrogens (tertiary/aromatic N) is 3. The van der Waals surface area contributed by atoms with E-state index < -0.39 is 5.91 Å². The molecule has 0 aliphatic carbocycles. The summed E-state index contributed by atoms with van der Waals surface area (Å²) in [6.07, 6.45) is 0.646. The number of amides is 2. The smallest absolute Gasteiger partial charge is 0.277 e. The molecule has 4 aromatic carbocycles. The van der Waals surface area contributed by atoms with Gasteiger partial charge in [-0.05, 0) is 68.4 Å². The molecule has 0 bridgehead atoms. The first-order valence-electron chi connectivity index (χ1n) is 16.1. The molecule has 1 saturated heterocycles. The van der Waals surface area contributed by atoms with Gasteiger partial charge >= 0.3 is 0 Å². The van der Waals surface area contributed by atoms with E-state index in [0.29, 0.717) is 66.2 Å². The first-order valence-corrected chi connectivity index (χ1v) is 16.1. The number of piperazine rings is 1. The lowest BCUT2D eigenvalue weighted by Crippen LogP contribution is -2.47. The van der Waals surface area contributed by atoms with Gasteiger partial charge in [-0.15, -0.1) is 0 Å². The number of hydroxylamine groups is 2. The summed E-state index contributed by atoms with van der Waals surface area (Å²) in [6, 6.07) is 25.0. The van der Waals surface area contributed by atoms with Crippen LogP contribution in [0.5, 0.6) is 5.75 Å². The molecule has 10 nitrogen and oxygen atoms in total. The second-order valence-electron chi connectivity index (χ2n) is 12.0. The molecular formula is C38H43N5O5. The Kier molecular flexibility index (Phi) is 11.2. The van der Waals surface area contributed by atoms with Crippen molar-refractivity contribution in [2.24, 2.45) is 5.73 Å². The van der Waals surface area contributed by atoms with Gasteiger partial charge in [0.05, 0.1) is 23.4 Å². The molecular weight excluding hydrogens is 606 g/mol. The molecule has 250 valence electrons. The number of hydrogen-bond donors (Lipinski definition) is 2. The van der Waals surface area contributed by atoms with Gasteiger partial charge in [-0.3, -0.25) is 19.2 Å². The molecule has 1 aliphatic heterocycles. The summed E-state index contributed by atoms with van der Waals surface area (Å²) in [7, 11) is 3.57. The number of ether oxygens (including phenoxy) is 1. The molecule has 1 heterocycles. The number of anilines is 1. The average molecular weight is 650 g/mol. The Morgan fingerprint density at radius 1 is 0.833 bits per heavy atom. The van der Waals surface area contributed by atoms with Crippen LogP contribution in [-0.4, -0.2) is 85.9 Å². The molecule has 5 rings (SSSR count). The molecule has 2 amide bonds. The van der Waals surface area contributed by atoms with Gasteiger partial charge in [0.15, 0.2) is 5.78 Å². The normalized spacial score (nSPS) is 13.3. The molecule has 0 unspecified atom stereocenters. The number of carbonyl (C=O) groups excluding carboxylic acids is 3. The van der Waals surface area contributed by atoms with Crippen molar-refractivity contribution in [1.82, 2.24) is 14.9 Å². The fraction of sp³-hybridized carbons (Fsp3) is 0.289. The third kappa shape index (κ3) is 7.74. The van der Waals surface area contributed by atoms with Gasteiger partial charge in [0, 0.05) is 49.9 Å². The Hall–Kier alpha value is -5.03. The predicted octanol–water partition coefficient (Wildman–Crippen LogP) is 4.79.